The number of carbonyl (C=O) groups excluding carboxylic acids is 3. The molecule has 0 saturated heterocycles. The van der Waals surface area contributed by atoms with E-state index in [9.17, 15) is 19.5 Å². The van der Waals surface area contributed by atoms with E-state index in [1.165, 1.54) is 4.90 Å². The summed E-state index contributed by atoms with van der Waals surface area (Å²) in [5, 5.41) is 15.4. The van der Waals surface area contributed by atoms with E-state index in [2.05, 4.69) is 10.6 Å². The number of aryl methyl sites for hydroxylation is 1. The van der Waals surface area contributed by atoms with E-state index in [-0.39, 0.29) is 11.9 Å². The molecule has 192 valence electrons. The Morgan fingerprint density at radius 1 is 1.03 bits per heavy atom. The molecule has 3 unspecified atom stereocenters. The molecule has 0 aliphatic heterocycles. The maximum atomic E-state index is 13.7. The molecule has 0 aliphatic rings. The first-order valence-electron chi connectivity index (χ1n) is 12.0. The van der Waals surface area contributed by atoms with E-state index >= 15 is 0 Å². The number of aliphatic hydroxyl groups is 1. The maximum Gasteiger partial charge on any atom is 0.408 e. The van der Waals surface area contributed by atoms with Crippen molar-refractivity contribution >= 4 is 17.9 Å². The number of rotatable bonds is 9. The fraction of sp³-hybridized carbons (Fsp3) is 0.654. The minimum Gasteiger partial charge on any atom is -0.444 e. The molecular weight excluding hydrogens is 434 g/mol. The van der Waals surface area contributed by atoms with Gasteiger partial charge in [-0.1, -0.05) is 38.1 Å². The fourth-order valence-corrected chi connectivity index (χ4v) is 3.42. The minimum absolute atomic E-state index is 0.334. The molecule has 0 aromatic heterocycles. The number of ether oxygens (including phenoxy) is 1. The van der Waals surface area contributed by atoms with Gasteiger partial charge in [0.1, 0.15) is 17.7 Å². The molecule has 0 spiro atoms. The highest BCUT2D eigenvalue weighted by Crippen LogP contribution is 2.27. The first-order chi connectivity index (χ1) is 15.6. The largest absolute Gasteiger partial charge is 0.444 e. The molecule has 1 rings (SSSR count). The van der Waals surface area contributed by atoms with Crippen molar-refractivity contribution in [2.75, 3.05) is 6.61 Å². The fourth-order valence-electron chi connectivity index (χ4n) is 3.42. The summed E-state index contributed by atoms with van der Waals surface area (Å²) in [6.07, 6.45) is 0.606. The number of carbonyl (C=O) groups is 3. The van der Waals surface area contributed by atoms with Gasteiger partial charge < -0.3 is 25.4 Å². The number of amides is 3. The third kappa shape index (κ3) is 8.97. The molecule has 34 heavy (non-hydrogen) atoms. The molecule has 1 aromatic carbocycles. The van der Waals surface area contributed by atoms with Gasteiger partial charge in [-0.2, -0.15) is 0 Å². The maximum absolute atomic E-state index is 13.7. The van der Waals surface area contributed by atoms with E-state index in [0.717, 1.165) is 12.0 Å². The molecule has 3 atom stereocenters. The van der Waals surface area contributed by atoms with Crippen molar-refractivity contribution in [1.29, 1.82) is 0 Å². The average molecular weight is 478 g/mol. The number of alkyl carbamates (subject to hydrolysis) is 1. The highest BCUT2D eigenvalue weighted by Gasteiger charge is 2.39. The van der Waals surface area contributed by atoms with Crippen LogP contribution in [0.1, 0.15) is 85.9 Å². The average Bonchev–Trinajstić information content (AvgIpc) is 2.72. The van der Waals surface area contributed by atoms with Gasteiger partial charge in [-0.3, -0.25) is 9.59 Å². The van der Waals surface area contributed by atoms with E-state index in [1.54, 1.807) is 20.8 Å². The highest BCUT2D eigenvalue weighted by atomic mass is 16.6. The molecule has 3 amide bonds. The normalized spacial score (nSPS) is 14.5. The SMILES string of the molecule is CCc1ccc(C(C(=O)NC(C)(C)C)N(C(=O)C(CO)NC(=O)OC(C)(C)C)C(C)CC)cc1. The topological polar surface area (TPSA) is 108 Å². The van der Waals surface area contributed by atoms with E-state index in [0.29, 0.717) is 12.0 Å². The summed E-state index contributed by atoms with van der Waals surface area (Å²) in [4.78, 5) is 41.0. The quantitative estimate of drug-likeness (QED) is 0.502. The third-order valence-electron chi connectivity index (χ3n) is 5.22. The predicted octanol–water partition coefficient (Wildman–Crippen LogP) is 3.72. The van der Waals surface area contributed by atoms with Crippen molar-refractivity contribution in [3.05, 3.63) is 35.4 Å². The Kier molecular flexibility index (Phi) is 10.6. The zero-order chi connectivity index (χ0) is 26.3. The summed E-state index contributed by atoms with van der Waals surface area (Å²) in [6.45, 7) is 15.9. The summed E-state index contributed by atoms with van der Waals surface area (Å²) in [5.41, 5.74) is 0.481. The van der Waals surface area contributed by atoms with Gasteiger partial charge in [0, 0.05) is 11.6 Å². The minimum atomic E-state index is -1.26. The number of hydrogen-bond donors (Lipinski definition) is 3. The van der Waals surface area contributed by atoms with Crippen molar-refractivity contribution in [2.24, 2.45) is 0 Å². The van der Waals surface area contributed by atoms with Gasteiger partial charge in [0.25, 0.3) is 0 Å². The van der Waals surface area contributed by atoms with Gasteiger partial charge in [-0.25, -0.2) is 4.79 Å². The summed E-state index contributed by atoms with van der Waals surface area (Å²) in [5.74, 6) is -0.893. The van der Waals surface area contributed by atoms with E-state index in [1.807, 2.05) is 65.8 Å². The summed E-state index contributed by atoms with van der Waals surface area (Å²) in [7, 11) is 0. The van der Waals surface area contributed by atoms with Crippen LogP contribution < -0.4 is 10.6 Å². The van der Waals surface area contributed by atoms with Crippen LogP contribution in [0.15, 0.2) is 24.3 Å². The molecule has 0 heterocycles. The number of nitrogens with one attached hydrogen (secondary N) is 2. The van der Waals surface area contributed by atoms with Gasteiger partial charge in [-0.05, 0) is 72.4 Å². The lowest BCUT2D eigenvalue weighted by molar-refractivity contribution is -0.146. The second-order valence-corrected chi connectivity index (χ2v) is 10.6. The van der Waals surface area contributed by atoms with Crippen LogP contribution in [-0.4, -0.2) is 57.7 Å². The number of benzene rings is 1. The standard InChI is InChI=1S/C26H43N3O5/c1-10-17(3)29(23(32)20(16-30)27-24(33)34-26(7,8)9)21(22(31)28-25(4,5)6)19-14-12-18(11-2)13-15-19/h12-15,17,20-21,30H,10-11,16H2,1-9H3,(H,27,33)(H,28,31). The first-order valence-corrected chi connectivity index (χ1v) is 12.0. The second-order valence-electron chi connectivity index (χ2n) is 10.6. The molecule has 0 saturated carbocycles. The Morgan fingerprint density at radius 3 is 2.00 bits per heavy atom. The molecule has 0 aliphatic carbocycles. The van der Waals surface area contributed by atoms with E-state index in [4.69, 9.17) is 4.74 Å². The Balaban J connectivity index is 3.46. The highest BCUT2D eigenvalue weighted by molar-refractivity contribution is 5.92. The van der Waals surface area contributed by atoms with Crippen LogP contribution in [0, 0.1) is 0 Å². The van der Waals surface area contributed by atoms with Crippen LogP contribution in [0.2, 0.25) is 0 Å². The monoisotopic (exact) mass is 477 g/mol. The van der Waals surface area contributed by atoms with Crippen LogP contribution in [0.25, 0.3) is 0 Å². The van der Waals surface area contributed by atoms with E-state index < -0.39 is 41.8 Å². The van der Waals surface area contributed by atoms with Crippen LogP contribution in [0.5, 0.6) is 0 Å². The van der Waals surface area contributed by atoms with Crippen molar-refractivity contribution < 1.29 is 24.2 Å². The van der Waals surface area contributed by atoms with Gasteiger partial charge >= 0.3 is 6.09 Å². The van der Waals surface area contributed by atoms with Gasteiger partial charge in [0.05, 0.1) is 6.61 Å². The molecule has 3 N–H and O–H groups in total. The van der Waals surface area contributed by atoms with Crippen LogP contribution in [0.3, 0.4) is 0 Å². The lowest BCUT2D eigenvalue weighted by atomic mass is 9.97. The van der Waals surface area contributed by atoms with Crippen LogP contribution in [0.4, 0.5) is 4.79 Å². The Bertz CT molecular complexity index is 824. The molecule has 0 radical (unpaired) electrons. The number of nitrogens with zero attached hydrogens (tertiary/aromatic N) is 1. The van der Waals surface area contributed by atoms with Gasteiger partial charge in [0.2, 0.25) is 11.8 Å². The lowest BCUT2D eigenvalue weighted by Gasteiger charge is -2.39. The second kappa shape index (κ2) is 12.2. The molecular formula is C26H43N3O5. The van der Waals surface area contributed by atoms with Gasteiger partial charge in [0.15, 0.2) is 0 Å². The van der Waals surface area contributed by atoms with Crippen molar-refractivity contribution in [1.82, 2.24) is 15.5 Å². The van der Waals surface area contributed by atoms with Gasteiger partial charge in [-0.15, -0.1) is 0 Å². The Hall–Kier alpha value is -2.61. The summed E-state index contributed by atoms with van der Waals surface area (Å²) in [6, 6.07) is 5.03. The Labute approximate surface area is 204 Å². The zero-order valence-corrected chi connectivity index (χ0v) is 22.2. The van der Waals surface area contributed by atoms with Crippen molar-refractivity contribution in [3.63, 3.8) is 0 Å². The Morgan fingerprint density at radius 2 is 1.59 bits per heavy atom. The smallest absolute Gasteiger partial charge is 0.408 e. The molecule has 1 aromatic rings. The van der Waals surface area contributed by atoms with Crippen LogP contribution in [-0.2, 0) is 20.7 Å². The zero-order valence-electron chi connectivity index (χ0n) is 22.2. The number of aliphatic hydroxyl groups excluding tert-OH is 1. The summed E-state index contributed by atoms with van der Waals surface area (Å²) >= 11 is 0. The first kappa shape index (κ1) is 29.4. The van der Waals surface area contributed by atoms with Crippen LogP contribution >= 0.6 is 0 Å². The van der Waals surface area contributed by atoms with Crippen molar-refractivity contribution in [2.45, 2.75) is 104 Å². The summed E-state index contributed by atoms with van der Waals surface area (Å²) < 4.78 is 5.26. The number of hydrogen-bond acceptors (Lipinski definition) is 5. The lowest BCUT2D eigenvalue weighted by Crippen LogP contribution is -2.57. The third-order valence-corrected chi connectivity index (χ3v) is 5.22. The van der Waals surface area contributed by atoms with Crippen molar-refractivity contribution in [3.8, 4) is 0 Å². The molecule has 8 nitrogen and oxygen atoms in total. The molecule has 8 heteroatoms. The molecule has 0 bridgehead atoms. The molecule has 0 fully saturated rings. The predicted molar refractivity (Wildman–Crippen MR) is 133 cm³/mol.